The maximum Gasteiger partial charge on any atom is 0.0603 e. The Hall–Kier alpha value is -0.380. The first-order valence-electron chi connectivity index (χ1n) is 13.1. The summed E-state index contributed by atoms with van der Waals surface area (Å²) >= 11 is 0. The van der Waals surface area contributed by atoms with Crippen LogP contribution in [0, 0.1) is 46.3 Å². The van der Waals surface area contributed by atoms with E-state index in [-0.39, 0.29) is 23.0 Å². The van der Waals surface area contributed by atoms with E-state index in [0.717, 1.165) is 49.5 Å². The van der Waals surface area contributed by atoms with Gasteiger partial charge in [-0.05, 0) is 92.3 Å². The zero-order chi connectivity index (χ0) is 21.0. The van der Waals surface area contributed by atoms with Gasteiger partial charge in [-0.25, -0.2) is 0 Å². The second-order valence-electron chi connectivity index (χ2n) is 12.9. The van der Waals surface area contributed by atoms with Gasteiger partial charge in [-0.1, -0.05) is 39.3 Å². The Bertz CT molecular complexity index is 749. The van der Waals surface area contributed by atoms with E-state index < -0.39 is 0 Å². The van der Waals surface area contributed by atoms with Gasteiger partial charge < -0.3 is 10.2 Å². The van der Waals surface area contributed by atoms with Crippen LogP contribution in [0.1, 0.15) is 79.1 Å². The molecule has 168 valence electrons. The average molecular weight is 414 g/mol. The zero-order valence-electron chi connectivity index (χ0n) is 19.6. The number of hydrogen-bond donors (Lipinski definition) is 2. The predicted octanol–water partition coefficient (Wildman–Crippen LogP) is 4.63. The molecule has 3 nitrogen and oxygen atoms in total. The first-order chi connectivity index (χ1) is 14.2. The van der Waals surface area contributed by atoms with Crippen molar-refractivity contribution in [2.24, 2.45) is 46.3 Å². The first-order valence-corrected chi connectivity index (χ1v) is 13.1. The Morgan fingerprint density at radius 3 is 2.60 bits per heavy atom. The number of fused-ring (bicyclic) bond motifs is 9. The van der Waals surface area contributed by atoms with Gasteiger partial charge in [0, 0.05) is 24.0 Å². The number of aliphatic hydroxyl groups is 2. The molecule has 0 aromatic carbocycles. The summed E-state index contributed by atoms with van der Waals surface area (Å²) in [6.45, 7) is 11.2. The fraction of sp³-hybridized carbons (Fsp3) is 0.926. The lowest BCUT2D eigenvalue weighted by Gasteiger charge is -2.60. The first kappa shape index (κ1) is 20.2. The highest BCUT2D eigenvalue weighted by atomic mass is 16.3. The Labute approximate surface area is 183 Å². The maximum atomic E-state index is 11.8. The quantitative estimate of drug-likeness (QED) is 0.569. The minimum Gasteiger partial charge on any atom is -0.393 e. The van der Waals surface area contributed by atoms with Gasteiger partial charge in [-0.15, -0.1) is 0 Å². The molecule has 4 aliphatic carbocycles. The van der Waals surface area contributed by atoms with Crippen molar-refractivity contribution in [1.82, 2.24) is 4.90 Å². The van der Waals surface area contributed by atoms with Crippen molar-refractivity contribution in [3.8, 4) is 0 Å². The Morgan fingerprint density at radius 1 is 1.00 bits per heavy atom. The van der Waals surface area contributed by atoms with Gasteiger partial charge in [0.2, 0.25) is 0 Å². The SMILES string of the molecule is C[C@H]1CC[C@@H]2[C@@H](C)[C@H]3[C@H](C[C@H]4[C@@H]5CC=C6C[C@@H](O)CC[C@]6(C)C5C[C@H](O)[C@]34C)N2C1. The molecule has 0 spiro atoms. The fourth-order valence-corrected chi connectivity index (χ4v) is 10.3. The molecule has 2 aliphatic heterocycles. The Morgan fingerprint density at radius 2 is 1.80 bits per heavy atom. The topological polar surface area (TPSA) is 43.7 Å². The van der Waals surface area contributed by atoms with Crippen molar-refractivity contribution in [3.05, 3.63) is 11.6 Å². The third kappa shape index (κ3) is 2.44. The summed E-state index contributed by atoms with van der Waals surface area (Å²) in [7, 11) is 0. The highest BCUT2D eigenvalue weighted by Crippen LogP contribution is 2.69. The molecule has 0 aromatic heterocycles. The monoisotopic (exact) mass is 413 g/mol. The second kappa shape index (κ2) is 6.58. The van der Waals surface area contributed by atoms with Crippen molar-refractivity contribution in [2.45, 2.75) is 103 Å². The van der Waals surface area contributed by atoms with Crippen molar-refractivity contribution in [3.63, 3.8) is 0 Å². The number of piperidine rings is 1. The summed E-state index contributed by atoms with van der Waals surface area (Å²) in [6.07, 6.45) is 11.4. The van der Waals surface area contributed by atoms with Crippen LogP contribution in [0.5, 0.6) is 0 Å². The molecule has 3 heteroatoms. The van der Waals surface area contributed by atoms with E-state index in [1.54, 1.807) is 0 Å². The minimum atomic E-state index is -0.164. The molecule has 12 atom stereocenters. The normalized spacial score (nSPS) is 60.1. The number of nitrogens with zero attached hydrogens (tertiary/aromatic N) is 1. The molecular formula is C27H43NO2. The van der Waals surface area contributed by atoms with Crippen molar-refractivity contribution in [1.29, 1.82) is 0 Å². The van der Waals surface area contributed by atoms with Crippen LogP contribution in [-0.4, -0.2) is 45.9 Å². The molecular weight excluding hydrogens is 370 g/mol. The van der Waals surface area contributed by atoms with Crippen LogP contribution in [-0.2, 0) is 0 Å². The largest absolute Gasteiger partial charge is 0.393 e. The molecule has 5 fully saturated rings. The van der Waals surface area contributed by atoms with Crippen LogP contribution in [0.4, 0.5) is 0 Å². The van der Waals surface area contributed by atoms with Gasteiger partial charge in [0.25, 0.3) is 0 Å². The van der Waals surface area contributed by atoms with Crippen LogP contribution >= 0.6 is 0 Å². The van der Waals surface area contributed by atoms with Crippen LogP contribution in [0.25, 0.3) is 0 Å². The Kier molecular flexibility index (Phi) is 4.44. The van der Waals surface area contributed by atoms with Crippen LogP contribution in [0.15, 0.2) is 11.6 Å². The number of aliphatic hydroxyl groups excluding tert-OH is 2. The highest BCUT2D eigenvalue weighted by molar-refractivity contribution is 5.27. The number of hydrogen-bond acceptors (Lipinski definition) is 3. The van der Waals surface area contributed by atoms with E-state index in [4.69, 9.17) is 0 Å². The molecule has 1 unspecified atom stereocenters. The van der Waals surface area contributed by atoms with E-state index in [0.29, 0.717) is 23.8 Å². The summed E-state index contributed by atoms with van der Waals surface area (Å²) in [5, 5.41) is 22.1. The van der Waals surface area contributed by atoms with E-state index in [1.807, 2.05) is 0 Å². The highest BCUT2D eigenvalue weighted by Gasteiger charge is 2.69. The lowest BCUT2D eigenvalue weighted by molar-refractivity contribution is -0.135. The van der Waals surface area contributed by atoms with Crippen LogP contribution in [0.3, 0.4) is 0 Å². The third-order valence-electron chi connectivity index (χ3n) is 11.8. The molecule has 6 rings (SSSR count). The van der Waals surface area contributed by atoms with E-state index in [1.165, 1.54) is 37.8 Å². The van der Waals surface area contributed by atoms with Gasteiger partial charge >= 0.3 is 0 Å². The molecule has 3 saturated carbocycles. The molecule has 6 aliphatic rings. The molecule has 30 heavy (non-hydrogen) atoms. The number of rotatable bonds is 0. The standard InChI is InChI=1S/C27H43NO2/c1-15-5-8-22-16(2)25-23(28(22)14-15)12-21-19-7-6-17-11-18(29)9-10-26(17,3)20(19)13-24(30)27(21,25)4/h6,15-16,18-25,29-30H,5,7-14H2,1-4H3/t15-,16+,18-,19+,20?,21-,22+,23-,24-,25-,26-,27+/m0/s1. The third-order valence-corrected chi connectivity index (χ3v) is 11.8. The summed E-state index contributed by atoms with van der Waals surface area (Å²) in [4.78, 5) is 2.91. The predicted molar refractivity (Wildman–Crippen MR) is 120 cm³/mol. The van der Waals surface area contributed by atoms with E-state index in [2.05, 4.69) is 38.7 Å². The van der Waals surface area contributed by atoms with Gasteiger partial charge in [0.15, 0.2) is 0 Å². The van der Waals surface area contributed by atoms with Crippen molar-refractivity contribution < 1.29 is 10.2 Å². The molecule has 0 radical (unpaired) electrons. The molecule has 0 amide bonds. The fourth-order valence-electron chi connectivity index (χ4n) is 10.3. The summed E-state index contributed by atoms with van der Waals surface area (Å²) in [5.41, 5.74) is 1.80. The van der Waals surface area contributed by atoms with Gasteiger partial charge in [-0.3, -0.25) is 4.90 Å². The van der Waals surface area contributed by atoms with Crippen LogP contribution in [0.2, 0.25) is 0 Å². The zero-order valence-corrected chi connectivity index (χ0v) is 19.6. The summed E-state index contributed by atoms with van der Waals surface area (Å²) in [5.74, 6) is 4.19. The maximum absolute atomic E-state index is 11.8. The molecule has 2 heterocycles. The minimum absolute atomic E-state index is 0.0850. The molecule has 0 bridgehead atoms. The second-order valence-corrected chi connectivity index (χ2v) is 12.9. The lowest BCUT2D eigenvalue weighted by Crippen LogP contribution is -2.57. The summed E-state index contributed by atoms with van der Waals surface area (Å²) < 4.78 is 0. The average Bonchev–Trinajstić information content (AvgIpc) is 3.17. The van der Waals surface area contributed by atoms with Gasteiger partial charge in [0.05, 0.1) is 12.2 Å². The number of allylic oxidation sites excluding steroid dienone is 1. The molecule has 2 saturated heterocycles. The van der Waals surface area contributed by atoms with Crippen LogP contribution < -0.4 is 0 Å². The van der Waals surface area contributed by atoms with Gasteiger partial charge in [0.1, 0.15) is 0 Å². The smallest absolute Gasteiger partial charge is 0.0603 e. The Balaban J connectivity index is 1.36. The lowest BCUT2D eigenvalue weighted by atomic mass is 9.46. The van der Waals surface area contributed by atoms with Gasteiger partial charge in [-0.2, -0.15) is 0 Å². The molecule has 2 N–H and O–H groups in total. The van der Waals surface area contributed by atoms with Crippen molar-refractivity contribution >= 4 is 0 Å². The molecule has 0 aromatic rings. The van der Waals surface area contributed by atoms with E-state index in [9.17, 15) is 10.2 Å². The van der Waals surface area contributed by atoms with E-state index >= 15 is 0 Å². The van der Waals surface area contributed by atoms with Crippen molar-refractivity contribution in [2.75, 3.05) is 6.54 Å². The summed E-state index contributed by atoms with van der Waals surface area (Å²) in [6, 6.07) is 1.46.